The number of carbonyl (C=O) groups is 1. The van der Waals surface area contributed by atoms with Crippen molar-refractivity contribution >= 4 is 54.9 Å². The Morgan fingerprint density at radius 3 is 2.53 bits per heavy atom. The lowest BCUT2D eigenvalue weighted by Crippen LogP contribution is -2.22. The Balaban J connectivity index is 1.71. The van der Waals surface area contributed by atoms with Crippen LogP contribution in [0.1, 0.15) is 28.7 Å². The zero-order chi connectivity index (χ0) is 22.7. The largest absolute Gasteiger partial charge is 0.422 e. The van der Waals surface area contributed by atoms with Crippen LogP contribution >= 0.6 is 31.9 Å². The van der Waals surface area contributed by atoms with E-state index in [0.29, 0.717) is 40.0 Å². The molecule has 0 amide bonds. The Bertz CT molecular complexity index is 1400. The molecule has 1 heterocycles. The van der Waals surface area contributed by atoms with Crippen molar-refractivity contribution in [2.45, 2.75) is 13.3 Å². The van der Waals surface area contributed by atoms with Gasteiger partial charge in [-0.3, -0.25) is 4.79 Å². The highest BCUT2D eigenvalue weighted by Crippen LogP contribution is 2.23. The van der Waals surface area contributed by atoms with Gasteiger partial charge in [0.2, 0.25) is 0 Å². The molecule has 0 aliphatic heterocycles. The van der Waals surface area contributed by atoms with Crippen molar-refractivity contribution < 1.29 is 9.53 Å². The molecule has 0 saturated carbocycles. The molecule has 0 aliphatic carbocycles. The molecule has 4 rings (SSSR count). The van der Waals surface area contributed by atoms with Gasteiger partial charge in [0.05, 0.1) is 22.7 Å². The van der Waals surface area contributed by atoms with E-state index in [1.807, 2.05) is 13.0 Å². The van der Waals surface area contributed by atoms with Gasteiger partial charge in [-0.05, 0) is 54.6 Å². The van der Waals surface area contributed by atoms with Gasteiger partial charge in [0.15, 0.2) is 0 Å². The highest BCUT2D eigenvalue weighted by molar-refractivity contribution is 9.10. The van der Waals surface area contributed by atoms with Crippen molar-refractivity contribution in [1.29, 1.82) is 0 Å². The van der Waals surface area contributed by atoms with E-state index in [2.05, 4.69) is 41.9 Å². The van der Waals surface area contributed by atoms with Crippen molar-refractivity contribution in [2.75, 3.05) is 0 Å². The van der Waals surface area contributed by atoms with E-state index in [0.717, 1.165) is 8.95 Å². The fourth-order valence-electron chi connectivity index (χ4n) is 3.10. The molecule has 0 atom stereocenters. The molecule has 0 aliphatic rings. The molecule has 160 valence electrons. The minimum absolute atomic E-state index is 0.257. The number of esters is 1. The van der Waals surface area contributed by atoms with Crippen LogP contribution in [0.2, 0.25) is 0 Å². The first-order valence-electron chi connectivity index (χ1n) is 9.78. The number of benzene rings is 3. The zero-order valence-electron chi connectivity index (χ0n) is 17.0. The van der Waals surface area contributed by atoms with Crippen molar-refractivity contribution in [3.05, 3.63) is 103 Å². The normalized spacial score (nSPS) is 11.2. The summed E-state index contributed by atoms with van der Waals surface area (Å²) in [6, 6.07) is 19.2. The Kier molecular flexibility index (Phi) is 6.62. The van der Waals surface area contributed by atoms with Gasteiger partial charge in [-0.25, -0.2) is 9.78 Å². The summed E-state index contributed by atoms with van der Waals surface area (Å²) < 4.78 is 8.53. The molecule has 3 aromatic carbocycles. The third-order valence-corrected chi connectivity index (χ3v) is 5.73. The van der Waals surface area contributed by atoms with Crippen LogP contribution in [0.25, 0.3) is 10.9 Å². The van der Waals surface area contributed by atoms with E-state index < -0.39 is 5.97 Å². The van der Waals surface area contributed by atoms with E-state index >= 15 is 0 Å². The SMILES string of the molecule is CCc1nc2ccccc2c(=O)n1N=Cc1cc(Br)ccc1OC(=O)c1ccc(Br)cc1. The molecular weight excluding hydrogens is 538 g/mol. The molecule has 0 bridgehead atoms. The van der Waals surface area contributed by atoms with Gasteiger partial charge >= 0.3 is 5.97 Å². The molecule has 0 radical (unpaired) electrons. The molecular formula is C24H17Br2N3O3. The summed E-state index contributed by atoms with van der Waals surface area (Å²) in [5, 5.41) is 4.87. The monoisotopic (exact) mass is 553 g/mol. The highest BCUT2D eigenvalue weighted by atomic mass is 79.9. The Hall–Kier alpha value is -3.10. The van der Waals surface area contributed by atoms with Crippen molar-refractivity contribution in [3.8, 4) is 5.75 Å². The lowest BCUT2D eigenvalue weighted by molar-refractivity contribution is 0.0734. The second-order valence-corrected chi connectivity index (χ2v) is 8.67. The van der Waals surface area contributed by atoms with Crippen LogP contribution in [0.5, 0.6) is 5.75 Å². The van der Waals surface area contributed by atoms with Gasteiger partial charge in [-0.1, -0.05) is 50.9 Å². The van der Waals surface area contributed by atoms with Crippen LogP contribution < -0.4 is 10.3 Å². The summed E-state index contributed by atoms with van der Waals surface area (Å²) in [5.74, 6) is 0.367. The maximum atomic E-state index is 13.0. The minimum Gasteiger partial charge on any atom is -0.422 e. The first-order valence-corrected chi connectivity index (χ1v) is 11.4. The van der Waals surface area contributed by atoms with Gasteiger partial charge in [0.1, 0.15) is 11.6 Å². The lowest BCUT2D eigenvalue weighted by atomic mass is 10.2. The maximum absolute atomic E-state index is 13.0. The number of hydrogen-bond acceptors (Lipinski definition) is 5. The van der Waals surface area contributed by atoms with Gasteiger partial charge in [-0.15, -0.1) is 0 Å². The molecule has 0 unspecified atom stereocenters. The number of carbonyl (C=O) groups excluding carboxylic acids is 1. The summed E-state index contributed by atoms with van der Waals surface area (Å²) >= 11 is 6.78. The van der Waals surface area contributed by atoms with Gasteiger partial charge < -0.3 is 4.74 Å². The molecule has 0 saturated heterocycles. The summed E-state index contributed by atoms with van der Waals surface area (Å²) in [4.78, 5) is 30.1. The number of fused-ring (bicyclic) bond motifs is 1. The quantitative estimate of drug-likeness (QED) is 0.183. The van der Waals surface area contributed by atoms with Gasteiger partial charge in [0.25, 0.3) is 5.56 Å². The van der Waals surface area contributed by atoms with Crippen LogP contribution in [0.15, 0.2) is 85.6 Å². The molecule has 0 spiro atoms. The van der Waals surface area contributed by atoms with E-state index in [1.165, 1.54) is 10.9 Å². The average Bonchev–Trinajstić information content (AvgIpc) is 2.80. The second kappa shape index (κ2) is 9.58. The molecule has 1 aromatic heterocycles. The highest BCUT2D eigenvalue weighted by Gasteiger charge is 2.13. The predicted molar refractivity (Wildman–Crippen MR) is 132 cm³/mol. The molecule has 8 heteroatoms. The number of hydrogen-bond donors (Lipinski definition) is 0. The molecule has 4 aromatic rings. The summed E-state index contributed by atoms with van der Waals surface area (Å²) in [6.07, 6.45) is 2.02. The number of aryl methyl sites for hydroxylation is 1. The van der Waals surface area contributed by atoms with Crippen LogP contribution in [-0.2, 0) is 6.42 Å². The summed E-state index contributed by atoms with van der Waals surface area (Å²) in [7, 11) is 0. The topological polar surface area (TPSA) is 73.6 Å². The molecule has 0 fully saturated rings. The average molecular weight is 555 g/mol. The first kappa shape index (κ1) is 22.1. The smallest absolute Gasteiger partial charge is 0.343 e. The number of ether oxygens (including phenoxy) is 1. The third-order valence-electron chi connectivity index (χ3n) is 4.70. The third kappa shape index (κ3) is 4.71. The summed E-state index contributed by atoms with van der Waals surface area (Å²) in [6.45, 7) is 1.91. The van der Waals surface area contributed by atoms with Gasteiger partial charge in [-0.2, -0.15) is 9.78 Å². The number of rotatable bonds is 5. The fraction of sp³-hybridized carbons (Fsp3) is 0.0833. The van der Waals surface area contributed by atoms with Crippen molar-refractivity contribution in [2.24, 2.45) is 5.10 Å². The minimum atomic E-state index is -0.492. The maximum Gasteiger partial charge on any atom is 0.343 e. The van der Waals surface area contributed by atoms with Crippen molar-refractivity contribution in [1.82, 2.24) is 9.66 Å². The Morgan fingerprint density at radius 2 is 1.78 bits per heavy atom. The first-order chi connectivity index (χ1) is 15.5. The molecule has 32 heavy (non-hydrogen) atoms. The van der Waals surface area contributed by atoms with E-state index in [-0.39, 0.29) is 5.56 Å². The zero-order valence-corrected chi connectivity index (χ0v) is 20.1. The second-order valence-electron chi connectivity index (χ2n) is 6.84. The van der Waals surface area contributed by atoms with Gasteiger partial charge in [0, 0.05) is 20.9 Å². The summed E-state index contributed by atoms with van der Waals surface area (Å²) in [5.41, 5.74) is 1.33. The van der Waals surface area contributed by atoms with Crippen LogP contribution in [0.3, 0.4) is 0 Å². The number of nitrogens with zero attached hydrogens (tertiary/aromatic N) is 3. The van der Waals surface area contributed by atoms with Crippen LogP contribution in [-0.4, -0.2) is 21.8 Å². The standard InChI is InChI=1S/C24H17Br2N3O3/c1-2-22-28-20-6-4-3-5-19(20)23(30)29(22)27-14-16-13-18(26)11-12-21(16)32-24(31)15-7-9-17(25)10-8-15/h3-14H,2H2,1H3. The Morgan fingerprint density at radius 1 is 1.06 bits per heavy atom. The lowest BCUT2D eigenvalue weighted by Gasteiger charge is -2.10. The van der Waals surface area contributed by atoms with E-state index in [4.69, 9.17) is 4.74 Å². The van der Waals surface area contributed by atoms with Crippen LogP contribution in [0, 0.1) is 0 Å². The predicted octanol–water partition coefficient (Wildman–Crippen LogP) is 5.59. The fourth-order valence-corrected chi connectivity index (χ4v) is 3.74. The molecule has 6 nitrogen and oxygen atoms in total. The van der Waals surface area contributed by atoms with Crippen molar-refractivity contribution in [3.63, 3.8) is 0 Å². The number of halogens is 2. The Labute approximate surface area is 200 Å². The number of aromatic nitrogens is 2. The molecule has 0 N–H and O–H groups in total. The van der Waals surface area contributed by atoms with Crippen LogP contribution in [0.4, 0.5) is 0 Å². The number of para-hydroxylation sites is 1. The van der Waals surface area contributed by atoms with E-state index in [9.17, 15) is 9.59 Å². The van der Waals surface area contributed by atoms with E-state index in [1.54, 1.807) is 60.7 Å².